The Morgan fingerprint density at radius 3 is 2.38 bits per heavy atom. The van der Waals surface area contributed by atoms with Crippen molar-refractivity contribution in [1.82, 2.24) is 0 Å². The molecular formula is C22H38O2. The van der Waals surface area contributed by atoms with Crippen LogP contribution in [-0.4, -0.2) is 22.4 Å². The Labute approximate surface area is 148 Å². The molecule has 0 spiro atoms. The number of aliphatic hydroxyl groups is 2. The van der Waals surface area contributed by atoms with Crippen LogP contribution in [0, 0.1) is 40.4 Å². The van der Waals surface area contributed by atoms with Crippen molar-refractivity contribution < 1.29 is 10.2 Å². The summed E-state index contributed by atoms with van der Waals surface area (Å²) in [6.45, 7) is 7.23. The van der Waals surface area contributed by atoms with Crippen molar-refractivity contribution >= 4 is 0 Å². The summed E-state index contributed by atoms with van der Waals surface area (Å²) in [6.07, 6.45) is 12.1. The quantitative estimate of drug-likeness (QED) is 0.763. The van der Waals surface area contributed by atoms with Gasteiger partial charge in [-0.3, -0.25) is 0 Å². The molecule has 4 fully saturated rings. The highest BCUT2D eigenvalue weighted by Gasteiger charge is 2.60. The molecule has 0 aromatic carbocycles. The molecule has 4 aliphatic rings. The van der Waals surface area contributed by atoms with Crippen LogP contribution in [0.3, 0.4) is 0 Å². The van der Waals surface area contributed by atoms with Gasteiger partial charge in [0.1, 0.15) is 0 Å². The lowest BCUT2D eigenvalue weighted by Gasteiger charge is -2.61. The van der Waals surface area contributed by atoms with E-state index < -0.39 is 0 Å². The molecule has 0 aromatic rings. The van der Waals surface area contributed by atoms with Crippen molar-refractivity contribution in [2.24, 2.45) is 40.4 Å². The predicted molar refractivity (Wildman–Crippen MR) is 97.5 cm³/mol. The first-order valence-electron chi connectivity index (χ1n) is 10.8. The third-order valence-electron chi connectivity index (χ3n) is 9.59. The van der Waals surface area contributed by atoms with Gasteiger partial charge in [0.25, 0.3) is 0 Å². The van der Waals surface area contributed by atoms with Gasteiger partial charge in [0.05, 0.1) is 12.2 Å². The Kier molecular flexibility index (Phi) is 4.32. The lowest BCUT2D eigenvalue weighted by atomic mass is 9.44. The number of hydrogen-bond donors (Lipinski definition) is 2. The standard InChI is InChI=1S/C22H38O2/c1-4-20(24)19-8-7-17-16-6-5-14-13-15(23)9-11-21(14,2)18(16)10-12-22(17,19)3/h14-20,23-24H,4-13H2,1-3H3/t14-,15+,16-,17-,18-,19+,20?,21-,22-/m0/s1. The van der Waals surface area contributed by atoms with Crippen LogP contribution in [0.4, 0.5) is 0 Å². The molecule has 138 valence electrons. The summed E-state index contributed by atoms with van der Waals surface area (Å²) in [5.41, 5.74) is 0.860. The highest BCUT2D eigenvalue weighted by Crippen LogP contribution is 2.67. The molecule has 4 rings (SSSR count). The summed E-state index contributed by atoms with van der Waals surface area (Å²) in [4.78, 5) is 0. The van der Waals surface area contributed by atoms with Gasteiger partial charge >= 0.3 is 0 Å². The fraction of sp³-hybridized carbons (Fsp3) is 1.00. The van der Waals surface area contributed by atoms with Gasteiger partial charge < -0.3 is 10.2 Å². The fourth-order valence-corrected chi connectivity index (χ4v) is 8.19. The largest absolute Gasteiger partial charge is 0.393 e. The monoisotopic (exact) mass is 334 g/mol. The Bertz CT molecular complexity index is 477. The van der Waals surface area contributed by atoms with Crippen LogP contribution in [0.25, 0.3) is 0 Å². The molecule has 0 amide bonds. The first-order valence-corrected chi connectivity index (χ1v) is 10.8. The lowest BCUT2D eigenvalue weighted by Crippen LogP contribution is -2.54. The summed E-state index contributed by atoms with van der Waals surface area (Å²) in [5.74, 6) is 3.89. The van der Waals surface area contributed by atoms with E-state index in [-0.39, 0.29) is 12.2 Å². The summed E-state index contributed by atoms with van der Waals surface area (Å²) in [5, 5.41) is 20.7. The number of aliphatic hydroxyl groups excluding tert-OH is 2. The van der Waals surface area contributed by atoms with E-state index in [1.54, 1.807) is 0 Å². The average molecular weight is 335 g/mol. The van der Waals surface area contributed by atoms with E-state index in [1.807, 2.05) is 0 Å². The molecule has 0 heterocycles. The minimum absolute atomic E-state index is 0.0379. The van der Waals surface area contributed by atoms with E-state index in [9.17, 15) is 10.2 Å². The summed E-state index contributed by atoms with van der Waals surface area (Å²) < 4.78 is 0. The van der Waals surface area contributed by atoms with Crippen molar-refractivity contribution in [1.29, 1.82) is 0 Å². The second-order valence-corrected chi connectivity index (χ2v) is 10.3. The molecule has 9 atom stereocenters. The van der Waals surface area contributed by atoms with Crippen LogP contribution in [0.5, 0.6) is 0 Å². The van der Waals surface area contributed by atoms with Gasteiger partial charge in [0, 0.05) is 0 Å². The SMILES string of the molecule is CCC(O)[C@H]1CC[C@H]2[C@@H]3CC[C@H]4C[C@H](O)CC[C@]4(C)[C@H]3CC[C@]12C. The molecule has 24 heavy (non-hydrogen) atoms. The van der Waals surface area contributed by atoms with Gasteiger partial charge in [-0.05, 0) is 105 Å². The molecule has 4 aliphatic carbocycles. The Balaban J connectivity index is 1.59. The summed E-state index contributed by atoms with van der Waals surface area (Å²) >= 11 is 0. The van der Waals surface area contributed by atoms with Crippen LogP contribution in [-0.2, 0) is 0 Å². The number of hydrogen-bond acceptors (Lipinski definition) is 2. The Morgan fingerprint density at radius 2 is 1.62 bits per heavy atom. The van der Waals surface area contributed by atoms with E-state index in [4.69, 9.17) is 0 Å². The predicted octanol–water partition coefficient (Wildman–Crippen LogP) is 4.78. The zero-order chi connectivity index (χ0) is 17.1. The van der Waals surface area contributed by atoms with Gasteiger partial charge in [-0.1, -0.05) is 20.8 Å². The van der Waals surface area contributed by atoms with E-state index in [2.05, 4.69) is 20.8 Å². The molecule has 2 N–H and O–H groups in total. The van der Waals surface area contributed by atoms with Crippen molar-refractivity contribution in [2.75, 3.05) is 0 Å². The minimum Gasteiger partial charge on any atom is -0.393 e. The smallest absolute Gasteiger partial charge is 0.0571 e. The van der Waals surface area contributed by atoms with Crippen LogP contribution in [0.2, 0.25) is 0 Å². The summed E-state index contributed by atoms with van der Waals surface area (Å²) in [7, 11) is 0. The number of fused-ring (bicyclic) bond motifs is 5. The molecule has 0 radical (unpaired) electrons. The van der Waals surface area contributed by atoms with Crippen LogP contribution < -0.4 is 0 Å². The van der Waals surface area contributed by atoms with E-state index in [1.165, 1.54) is 44.9 Å². The van der Waals surface area contributed by atoms with Crippen LogP contribution >= 0.6 is 0 Å². The normalized spacial score (nSPS) is 55.4. The zero-order valence-corrected chi connectivity index (χ0v) is 16.0. The van der Waals surface area contributed by atoms with Gasteiger partial charge in [0.15, 0.2) is 0 Å². The van der Waals surface area contributed by atoms with Gasteiger partial charge in [-0.2, -0.15) is 0 Å². The van der Waals surface area contributed by atoms with Crippen LogP contribution in [0.1, 0.15) is 85.0 Å². The second-order valence-electron chi connectivity index (χ2n) is 10.3. The van der Waals surface area contributed by atoms with Crippen molar-refractivity contribution in [3.8, 4) is 0 Å². The first-order chi connectivity index (χ1) is 11.4. The van der Waals surface area contributed by atoms with Gasteiger partial charge in [0.2, 0.25) is 0 Å². The maximum Gasteiger partial charge on any atom is 0.0571 e. The van der Waals surface area contributed by atoms with E-state index >= 15 is 0 Å². The topological polar surface area (TPSA) is 40.5 Å². The summed E-state index contributed by atoms with van der Waals surface area (Å²) in [6, 6.07) is 0. The molecule has 1 unspecified atom stereocenters. The maximum absolute atomic E-state index is 10.6. The highest BCUT2D eigenvalue weighted by molar-refractivity contribution is 5.09. The van der Waals surface area contributed by atoms with Crippen molar-refractivity contribution in [2.45, 2.75) is 97.2 Å². The lowest BCUT2D eigenvalue weighted by molar-refractivity contribution is -0.133. The third kappa shape index (κ3) is 2.35. The highest BCUT2D eigenvalue weighted by atomic mass is 16.3. The van der Waals surface area contributed by atoms with Gasteiger partial charge in [-0.15, -0.1) is 0 Å². The van der Waals surface area contributed by atoms with E-state index in [0.717, 1.165) is 42.9 Å². The third-order valence-corrected chi connectivity index (χ3v) is 9.59. The number of rotatable bonds is 2. The molecule has 2 heteroatoms. The average Bonchev–Trinajstić information content (AvgIpc) is 2.92. The molecule has 0 bridgehead atoms. The molecule has 0 aromatic heterocycles. The van der Waals surface area contributed by atoms with Crippen molar-refractivity contribution in [3.05, 3.63) is 0 Å². The first kappa shape index (κ1) is 17.3. The maximum atomic E-state index is 10.6. The Hall–Kier alpha value is -0.0800. The van der Waals surface area contributed by atoms with Crippen LogP contribution in [0.15, 0.2) is 0 Å². The minimum atomic E-state index is -0.0895. The Morgan fingerprint density at radius 1 is 0.917 bits per heavy atom. The fourth-order valence-electron chi connectivity index (χ4n) is 8.19. The molecule has 2 nitrogen and oxygen atoms in total. The molecule has 4 saturated carbocycles. The molecule has 0 saturated heterocycles. The molecule has 0 aliphatic heterocycles. The van der Waals surface area contributed by atoms with E-state index in [0.29, 0.717) is 16.7 Å². The zero-order valence-electron chi connectivity index (χ0n) is 16.0. The molecular weight excluding hydrogens is 296 g/mol. The van der Waals surface area contributed by atoms with Gasteiger partial charge in [-0.25, -0.2) is 0 Å². The van der Waals surface area contributed by atoms with Crippen molar-refractivity contribution in [3.63, 3.8) is 0 Å². The second kappa shape index (κ2) is 5.98.